The van der Waals surface area contributed by atoms with E-state index in [4.69, 9.17) is 9.31 Å². The van der Waals surface area contributed by atoms with Crippen LogP contribution in [0.4, 0.5) is 0 Å². The van der Waals surface area contributed by atoms with E-state index in [1.807, 2.05) is 6.82 Å². The predicted octanol–water partition coefficient (Wildman–Crippen LogP) is 0.522. The summed E-state index contributed by atoms with van der Waals surface area (Å²) in [5.41, 5.74) is 0. The molecule has 3 nitrogen and oxygen atoms in total. The topological polar surface area (TPSA) is 32.6 Å². The minimum Gasteiger partial charge on any atom is -0.659 e. The first-order valence-corrected chi connectivity index (χ1v) is 3.26. The predicted molar refractivity (Wildman–Crippen MR) is 36.6 cm³/mol. The quantitative estimate of drug-likeness (QED) is 0.611. The standard InChI is InChI=1S/C5H11BNO2.Re/c1-6-8-4-2-7-3-5-9-6;/h2-5H2,1H3;/q-1;. The van der Waals surface area contributed by atoms with Crippen molar-refractivity contribution >= 4 is 7.12 Å². The summed E-state index contributed by atoms with van der Waals surface area (Å²) in [5, 5.41) is 4.12. The summed E-state index contributed by atoms with van der Waals surface area (Å²) < 4.78 is 10.3. The second kappa shape index (κ2) is 6.33. The molecule has 0 unspecified atom stereocenters. The molecule has 0 bridgehead atoms. The molecule has 0 aliphatic carbocycles. The largest absolute Gasteiger partial charge is 0.659 e. The van der Waals surface area contributed by atoms with Crippen molar-refractivity contribution < 1.29 is 29.7 Å². The fourth-order valence-electron chi connectivity index (χ4n) is 0.726. The zero-order chi connectivity index (χ0) is 6.53. The summed E-state index contributed by atoms with van der Waals surface area (Å²) in [6.45, 7) is 4.93. The van der Waals surface area contributed by atoms with Crippen LogP contribution in [-0.4, -0.2) is 33.4 Å². The van der Waals surface area contributed by atoms with E-state index in [1.165, 1.54) is 0 Å². The van der Waals surface area contributed by atoms with Crippen LogP contribution in [0.25, 0.3) is 5.32 Å². The molecule has 1 fully saturated rings. The van der Waals surface area contributed by atoms with E-state index < -0.39 is 0 Å². The maximum absolute atomic E-state index is 5.17. The average Bonchev–Trinajstić information content (AvgIpc) is 1.79. The van der Waals surface area contributed by atoms with Gasteiger partial charge in [-0.25, -0.2) is 0 Å². The third-order valence-corrected chi connectivity index (χ3v) is 1.20. The molecule has 1 rings (SSSR count). The van der Waals surface area contributed by atoms with E-state index in [2.05, 4.69) is 5.32 Å². The molecule has 1 saturated heterocycles. The van der Waals surface area contributed by atoms with Gasteiger partial charge in [0, 0.05) is 33.6 Å². The van der Waals surface area contributed by atoms with Crippen molar-refractivity contribution in [2.75, 3.05) is 26.3 Å². The van der Waals surface area contributed by atoms with E-state index in [1.54, 1.807) is 0 Å². The molecular weight excluding hydrogens is 303 g/mol. The van der Waals surface area contributed by atoms with Gasteiger partial charge < -0.3 is 14.6 Å². The molecule has 10 heavy (non-hydrogen) atoms. The van der Waals surface area contributed by atoms with Gasteiger partial charge in [0.2, 0.25) is 0 Å². The summed E-state index contributed by atoms with van der Waals surface area (Å²) in [7, 11) is -0.0412. The van der Waals surface area contributed by atoms with Crippen LogP contribution in [0.2, 0.25) is 6.82 Å². The van der Waals surface area contributed by atoms with Crippen molar-refractivity contribution in [3.05, 3.63) is 5.32 Å². The molecule has 1 heterocycles. The van der Waals surface area contributed by atoms with E-state index in [0.717, 1.165) is 13.1 Å². The molecule has 59 valence electrons. The molecule has 1 aliphatic heterocycles. The fourth-order valence-corrected chi connectivity index (χ4v) is 0.726. The Labute approximate surface area is 75.6 Å². The Morgan fingerprint density at radius 3 is 2.20 bits per heavy atom. The third kappa shape index (κ3) is 4.43. The van der Waals surface area contributed by atoms with Crippen LogP contribution in [0, 0.1) is 0 Å². The van der Waals surface area contributed by atoms with Crippen LogP contribution >= 0.6 is 0 Å². The van der Waals surface area contributed by atoms with Gasteiger partial charge in [-0.05, 0) is 6.82 Å². The molecular formula is C5H11BNO2Re-. The molecule has 0 saturated carbocycles. The van der Waals surface area contributed by atoms with Gasteiger partial charge in [-0.15, -0.1) is 13.1 Å². The summed E-state index contributed by atoms with van der Waals surface area (Å²) >= 11 is 0. The van der Waals surface area contributed by atoms with Gasteiger partial charge in [-0.1, -0.05) is 0 Å². The van der Waals surface area contributed by atoms with Gasteiger partial charge in [-0.3, -0.25) is 0 Å². The van der Waals surface area contributed by atoms with Crippen molar-refractivity contribution in [1.29, 1.82) is 0 Å². The Kier molecular flexibility index (Phi) is 6.71. The van der Waals surface area contributed by atoms with Gasteiger partial charge in [-0.2, -0.15) is 0 Å². The minimum absolute atomic E-state index is 0. The van der Waals surface area contributed by atoms with Crippen LogP contribution in [-0.2, 0) is 29.7 Å². The first kappa shape index (κ1) is 10.6. The molecule has 0 N–H and O–H groups in total. The molecule has 0 aromatic heterocycles. The normalized spacial score (nSPS) is 20.7. The number of nitrogens with zero attached hydrogens (tertiary/aromatic N) is 1. The van der Waals surface area contributed by atoms with Gasteiger partial charge in [0.15, 0.2) is 0 Å². The number of hydrogen-bond acceptors (Lipinski definition) is 2. The first-order valence-electron chi connectivity index (χ1n) is 3.26. The smallest absolute Gasteiger partial charge is 0.453 e. The van der Waals surface area contributed by atoms with Crippen LogP contribution in [0.5, 0.6) is 0 Å². The second-order valence-corrected chi connectivity index (χ2v) is 1.98. The van der Waals surface area contributed by atoms with Crippen LogP contribution in [0.3, 0.4) is 0 Å². The Morgan fingerprint density at radius 2 is 1.70 bits per heavy atom. The van der Waals surface area contributed by atoms with E-state index in [9.17, 15) is 0 Å². The summed E-state index contributed by atoms with van der Waals surface area (Å²) in [6, 6.07) is 0. The average molecular weight is 314 g/mol. The first-order chi connectivity index (χ1) is 4.39. The molecule has 5 heteroatoms. The summed E-state index contributed by atoms with van der Waals surface area (Å²) in [6.07, 6.45) is 0. The van der Waals surface area contributed by atoms with E-state index in [-0.39, 0.29) is 27.5 Å². The van der Waals surface area contributed by atoms with Gasteiger partial charge in [0.1, 0.15) is 0 Å². The Morgan fingerprint density at radius 1 is 1.20 bits per heavy atom. The fraction of sp³-hybridized carbons (Fsp3) is 1.00. The van der Waals surface area contributed by atoms with Gasteiger partial charge in [0.05, 0.1) is 0 Å². The number of hydrogen-bond donors (Lipinski definition) is 0. The van der Waals surface area contributed by atoms with E-state index in [0.29, 0.717) is 13.2 Å². The Balaban J connectivity index is 0.000000810. The molecule has 1 radical (unpaired) electrons. The summed E-state index contributed by atoms with van der Waals surface area (Å²) in [5.74, 6) is 0. The molecule has 0 aromatic carbocycles. The van der Waals surface area contributed by atoms with Crippen molar-refractivity contribution in [2.24, 2.45) is 0 Å². The monoisotopic (exact) mass is 315 g/mol. The van der Waals surface area contributed by atoms with Crippen LogP contribution < -0.4 is 0 Å². The molecule has 0 aromatic rings. The zero-order valence-electron chi connectivity index (χ0n) is 6.05. The Bertz CT molecular complexity index is 78.0. The number of rotatable bonds is 0. The van der Waals surface area contributed by atoms with Crippen molar-refractivity contribution in [2.45, 2.75) is 6.82 Å². The Hall–Kier alpha value is 0.607. The van der Waals surface area contributed by atoms with Crippen molar-refractivity contribution in [1.82, 2.24) is 0 Å². The summed E-state index contributed by atoms with van der Waals surface area (Å²) in [4.78, 5) is 0. The molecule has 0 spiro atoms. The van der Waals surface area contributed by atoms with E-state index >= 15 is 0 Å². The van der Waals surface area contributed by atoms with Crippen LogP contribution in [0.1, 0.15) is 0 Å². The maximum Gasteiger partial charge on any atom is 0.453 e. The SMILES string of the molecule is CB1OCC[N-]CCO1.[Re]. The second-order valence-electron chi connectivity index (χ2n) is 1.98. The van der Waals surface area contributed by atoms with Crippen molar-refractivity contribution in [3.8, 4) is 0 Å². The molecule has 0 amide bonds. The van der Waals surface area contributed by atoms with Gasteiger partial charge in [0.25, 0.3) is 0 Å². The van der Waals surface area contributed by atoms with Gasteiger partial charge >= 0.3 is 7.12 Å². The zero-order valence-corrected chi connectivity index (χ0v) is 8.76. The third-order valence-electron chi connectivity index (χ3n) is 1.20. The molecule has 0 atom stereocenters. The minimum atomic E-state index is -0.0412. The van der Waals surface area contributed by atoms with Crippen LogP contribution in [0.15, 0.2) is 0 Å². The maximum atomic E-state index is 5.17. The molecule has 1 aliphatic rings. The van der Waals surface area contributed by atoms with Crippen molar-refractivity contribution in [3.63, 3.8) is 0 Å².